The number of carbonyl (C=O) groups excluding carboxylic acids is 3. The topological polar surface area (TPSA) is 72.5 Å². The van der Waals surface area contributed by atoms with Gasteiger partial charge in [-0.25, -0.2) is 9.18 Å². The first-order valence-corrected chi connectivity index (χ1v) is 5.94. The van der Waals surface area contributed by atoms with Gasteiger partial charge in [0.05, 0.1) is 13.5 Å². The SMILES string of the molecule is COC(=O)C(C)(NC(=O)CC(C)=O)c1ccc(F)cc1. The smallest absolute Gasteiger partial charge is 0.336 e. The van der Waals surface area contributed by atoms with Gasteiger partial charge < -0.3 is 10.1 Å². The van der Waals surface area contributed by atoms with Gasteiger partial charge in [0.1, 0.15) is 11.6 Å². The van der Waals surface area contributed by atoms with Gasteiger partial charge in [0.2, 0.25) is 5.91 Å². The van der Waals surface area contributed by atoms with Crippen LogP contribution in [0.3, 0.4) is 0 Å². The number of hydrogen-bond donors (Lipinski definition) is 1. The number of rotatable bonds is 5. The highest BCUT2D eigenvalue weighted by molar-refractivity contribution is 5.99. The molecule has 1 aromatic carbocycles. The summed E-state index contributed by atoms with van der Waals surface area (Å²) in [7, 11) is 1.18. The van der Waals surface area contributed by atoms with Crippen LogP contribution in [0.4, 0.5) is 4.39 Å². The summed E-state index contributed by atoms with van der Waals surface area (Å²) in [5.41, 5.74) is -1.11. The molecule has 0 aliphatic rings. The van der Waals surface area contributed by atoms with Gasteiger partial charge in [-0.1, -0.05) is 12.1 Å². The first kappa shape index (κ1) is 15.8. The summed E-state index contributed by atoms with van der Waals surface area (Å²) < 4.78 is 17.6. The summed E-state index contributed by atoms with van der Waals surface area (Å²) in [5.74, 6) is -2.10. The Labute approximate surface area is 116 Å². The molecule has 0 saturated carbocycles. The van der Waals surface area contributed by atoms with Crippen molar-refractivity contribution in [2.75, 3.05) is 7.11 Å². The quantitative estimate of drug-likeness (QED) is 0.652. The first-order chi connectivity index (χ1) is 9.29. The van der Waals surface area contributed by atoms with Crippen LogP contribution in [0.5, 0.6) is 0 Å². The summed E-state index contributed by atoms with van der Waals surface area (Å²) in [6.45, 7) is 2.71. The largest absolute Gasteiger partial charge is 0.467 e. The van der Waals surface area contributed by atoms with E-state index >= 15 is 0 Å². The number of ether oxygens (including phenoxy) is 1. The molecule has 0 aliphatic carbocycles. The number of nitrogens with one attached hydrogen (secondary N) is 1. The van der Waals surface area contributed by atoms with E-state index in [2.05, 4.69) is 10.1 Å². The average Bonchev–Trinajstić information content (AvgIpc) is 2.37. The molecular formula is C14H16FNO4. The Hall–Kier alpha value is -2.24. The normalized spacial score (nSPS) is 13.2. The summed E-state index contributed by atoms with van der Waals surface area (Å²) in [6, 6.07) is 5.10. The van der Waals surface area contributed by atoms with Crippen molar-refractivity contribution in [3.63, 3.8) is 0 Å². The number of Topliss-reactive ketones (excluding diaryl/α,β-unsaturated/α-hetero) is 1. The van der Waals surface area contributed by atoms with Crippen LogP contribution in [0.15, 0.2) is 24.3 Å². The fourth-order valence-electron chi connectivity index (χ4n) is 1.78. The number of benzene rings is 1. The number of methoxy groups -OCH3 is 1. The van der Waals surface area contributed by atoms with Crippen LogP contribution in [0, 0.1) is 5.82 Å². The number of ketones is 1. The van der Waals surface area contributed by atoms with Crippen LogP contribution in [0.1, 0.15) is 25.8 Å². The lowest BCUT2D eigenvalue weighted by molar-refractivity contribution is -0.151. The Kier molecular flexibility index (Phi) is 4.96. The van der Waals surface area contributed by atoms with E-state index in [0.29, 0.717) is 5.56 Å². The Morgan fingerprint density at radius 1 is 1.25 bits per heavy atom. The zero-order valence-corrected chi connectivity index (χ0v) is 11.5. The third-order valence-corrected chi connectivity index (χ3v) is 2.81. The second kappa shape index (κ2) is 6.27. The fourth-order valence-corrected chi connectivity index (χ4v) is 1.78. The lowest BCUT2D eigenvalue weighted by Gasteiger charge is -2.28. The minimum atomic E-state index is -1.48. The predicted octanol–water partition coefficient (Wildman–Crippen LogP) is 1.31. The molecule has 0 fully saturated rings. The molecule has 20 heavy (non-hydrogen) atoms. The van der Waals surface area contributed by atoms with Crippen molar-refractivity contribution in [3.05, 3.63) is 35.6 Å². The van der Waals surface area contributed by atoms with Gasteiger partial charge in [0.25, 0.3) is 0 Å². The van der Waals surface area contributed by atoms with E-state index in [9.17, 15) is 18.8 Å². The Balaban J connectivity index is 3.09. The van der Waals surface area contributed by atoms with Gasteiger partial charge in [0.15, 0.2) is 5.54 Å². The van der Waals surface area contributed by atoms with Crippen LogP contribution < -0.4 is 5.32 Å². The van der Waals surface area contributed by atoms with E-state index in [-0.39, 0.29) is 12.2 Å². The Morgan fingerprint density at radius 2 is 1.80 bits per heavy atom. The summed E-state index contributed by atoms with van der Waals surface area (Å²) >= 11 is 0. The molecule has 0 heterocycles. The van der Waals surface area contributed by atoms with E-state index < -0.39 is 23.2 Å². The molecule has 1 rings (SSSR count). The number of amides is 1. The van der Waals surface area contributed by atoms with Crippen LogP contribution in [-0.4, -0.2) is 24.8 Å². The summed E-state index contributed by atoms with van der Waals surface area (Å²) in [6.07, 6.45) is -0.340. The highest BCUT2D eigenvalue weighted by Crippen LogP contribution is 2.23. The van der Waals surface area contributed by atoms with E-state index in [1.165, 1.54) is 45.2 Å². The third kappa shape index (κ3) is 3.63. The van der Waals surface area contributed by atoms with Gasteiger partial charge in [-0.15, -0.1) is 0 Å². The molecular weight excluding hydrogens is 265 g/mol. The molecule has 0 radical (unpaired) electrons. The van der Waals surface area contributed by atoms with E-state index in [1.807, 2.05) is 0 Å². The fraction of sp³-hybridized carbons (Fsp3) is 0.357. The van der Waals surface area contributed by atoms with Crippen molar-refractivity contribution in [1.29, 1.82) is 0 Å². The number of esters is 1. The molecule has 1 N–H and O–H groups in total. The van der Waals surface area contributed by atoms with Gasteiger partial charge in [-0.05, 0) is 31.5 Å². The summed E-state index contributed by atoms with van der Waals surface area (Å²) in [5, 5.41) is 2.45. The maximum Gasteiger partial charge on any atom is 0.336 e. The van der Waals surface area contributed by atoms with Gasteiger partial charge in [-0.3, -0.25) is 9.59 Å². The van der Waals surface area contributed by atoms with Gasteiger partial charge >= 0.3 is 5.97 Å². The molecule has 5 nitrogen and oxygen atoms in total. The molecule has 6 heteroatoms. The lowest BCUT2D eigenvalue weighted by atomic mass is 9.91. The molecule has 0 spiro atoms. The zero-order chi connectivity index (χ0) is 15.3. The summed E-state index contributed by atoms with van der Waals surface area (Å²) in [4.78, 5) is 34.6. The highest BCUT2D eigenvalue weighted by Gasteiger charge is 2.38. The maximum atomic E-state index is 12.9. The molecule has 0 bridgehead atoms. The van der Waals surface area contributed by atoms with Gasteiger partial charge in [-0.2, -0.15) is 0 Å². The zero-order valence-electron chi connectivity index (χ0n) is 11.5. The van der Waals surface area contributed by atoms with Crippen molar-refractivity contribution in [1.82, 2.24) is 5.32 Å². The second-order valence-electron chi connectivity index (χ2n) is 4.55. The number of halogens is 1. The predicted molar refractivity (Wildman–Crippen MR) is 69.2 cm³/mol. The lowest BCUT2D eigenvalue weighted by Crippen LogP contribution is -2.50. The van der Waals surface area contributed by atoms with Crippen molar-refractivity contribution >= 4 is 17.7 Å². The van der Waals surface area contributed by atoms with Crippen LogP contribution in [0.25, 0.3) is 0 Å². The minimum absolute atomic E-state index is 0.325. The van der Waals surface area contributed by atoms with E-state index in [0.717, 1.165) is 0 Å². The maximum absolute atomic E-state index is 12.9. The van der Waals surface area contributed by atoms with Crippen molar-refractivity contribution in [3.8, 4) is 0 Å². The van der Waals surface area contributed by atoms with Crippen LogP contribution in [-0.2, 0) is 24.7 Å². The van der Waals surface area contributed by atoms with Crippen molar-refractivity contribution in [2.45, 2.75) is 25.8 Å². The van der Waals surface area contributed by atoms with Crippen molar-refractivity contribution < 1.29 is 23.5 Å². The molecule has 0 saturated heterocycles. The Bertz CT molecular complexity index is 526. The third-order valence-electron chi connectivity index (χ3n) is 2.81. The first-order valence-electron chi connectivity index (χ1n) is 5.94. The standard InChI is InChI=1S/C14H16FNO4/c1-9(17)8-12(18)16-14(2,13(19)20-3)10-4-6-11(15)7-5-10/h4-7H,8H2,1-3H3,(H,16,18). The van der Waals surface area contributed by atoms with Crippen LogP contribution in [0.2, 0.25) is 0 Å². The second-order valence-corrected chi connectivity index (χ2v) is 4.55. The molecule has 1 unspecified atom stereocenters. The molecule has 1 atom stereocenters. The van der Waals surface area contributed by atoms with Gasteiger partial charge in [0, 0.05) is 0 Å². The minimum Gasteiger partial charge on any atom is -0.467 e. The molecule has 1 aromatic rings. The number of hydrogen-bond acceptors (Lipinski definition) is 4. The van der Waals surface area contributed by atoms with E-state index in [1.54, 1.807) is 0 Å². The molecule has 1 amide bonds. The number of carbonyl (C=O) groups is 3. The highest BCUT2D eigenvalue weighted by atomic mass is 19.1. The average molecular weight is 281 g/mol. The Morgan fingerprint density at radius 3 is 2.25 bits per heavy atom. The molecule has 0 aromatic heterocycles. The van der Waals surface area contributed by atoms with E-state index in [4.69, 9.17) is 0 Å². The monoisotopic (exact) mass is 281 g/mol. The van der Waals surface area contributed by atoms with Crippen LogP contribution >= 0.6 is 0 Å². The molecule has 108 valence electrons. The molecule has 0 aliphatic heterocycles. The van der Waals surface area contributed by atoms with Crippen molar-refractivity contribution in [2.24, 2.45) is 0 Å².